The van der Waals surface area contributed by atoms with Crippen molar-refractivity contribution >= 4 is 0 Å². The summed E-state index contributed by atoms with van der Waals surface area (Å²) < 4.78 is 7.52. The Morgan fingerprint density at radius 1 is 1.29 bits per heavy atom. The van der Waals surface area contributed by atoms with Crippen LogP contribution in [0.5, 0.6) is 5.75 Å². The van der Waals surface area contributed by atoms with Crippen LogP contribution in [0, 0.1) is 6.92 Å². The molecule has 0 aliphatic carbocycles. The smallest absolute Gasteiger partial charge is 0.119 e. The van der Waals surface area contributed by atoms with Crippen LogP contribution in [0.1, 0.15) is 32.0 Å². The first-order valence-corrected chi connectivity index (χ1v) is 7.26. The van der Waals surface area contributed by atoms with E-state index in [1.54, 1.807) is 0 Å². The van der Waals surface area contributed by atoms with E-state index in [0.717, 1.165) is 18.0 Å². The van der Waals surface area contributed by atoms with Crippen molar-refractivity contribution in [3.63, 3.8) is 0 Å². The number of benzene rings is 1. The van der Waals surface area contributed by atoms with Crippen LogP contribution in [0.3, 0.4) is 0 Å². The topological polar surface area (TPSA) is 52.0 Å². The Morgan fingerprint density at radius 3 is 2.81 bits per heavy atom. The molecule has 0 spiro atoms. The molecule has 0 bridgehead atoms. The number of ether oxygens (including phenoxy) is 1. The summed E-state index contributed by atoms with van der Waals surface area (Å²) in [4.78, 5) is 0. The molecule has 2 rings (SSSR count). The zero-order chi connectivity index (χ0) is 15.3. The van der Waals surface area contributed by atoms with Gasteiger partial charge in [-0.05, 0) is 45.4 Å². The van der Waals surface area contributed by atoms with Gasteiger partial charge >= 0.3 is 0 Å². The van der Waals surface area contributed by atoms with Crippen molar-refractivity contribution in [3.05, 3.63) is 41.7 Å². The molecule has 2 aromatic rings. The lowest BCUT2D eigenvalue weighted by molar-refractivity contribution is 0.289. The van der Waals surface area contributed by atoms with Gasteiger partial charge in [0.15, 0.2) is 0 Å². The van der Waals surface area contributed by atoms with Crippen LogP contribution in [-0.2, 0) is 13.1 Å². The lowest BCUT2D eigenvalue weighted by Crippen LogP contribution is -2.35. The highest BCUT2D eigenvalue weighted by Gasteiger charge is 2.10. The maximum Gasteiger partial charge on any atom is 0.119 e. The molecular weight excluding hydrogens is 264 g/mol. The molecular formula is C16H24N4O. The molecule has 0 aliphatic heterocycles. The Hall–Kier alpha value is -1.88. The van der Waals surface area contributed by atoms with Gasteiger partial charge in [-0.1, -0.05) is 17.3 Å². The van der Waals surface area contributed by atoms with Gasteiger partial charge in [0.25, 0.3) is 0 Å². The van der Waals surface area contributed by atoms with Crippen LogP contribution in [0.4, 0.5) is 0 Å². The number of hydrogen-bond donors (Lipinski definition) is 1. The zero-order valence-electron chi connectivity index (χ0n) is 13.3. The molecule has 5 heteroatoms. The number of aromatic nitrogens is 3. The van der Waals surface area contributed by atoms with Crippen molar-refractivity contribution in [3.8, 4) is 5.75 Å². The summed E-state index contributed by atoms with van der Waals surface area (Å²) in [5, 5.41) is 11.7. The SMILES string of the molecule is Cc1cccc(OCCn2cc(CNC(C)(C)C)nn2)c1. The average Bonchev–Trinajstić information content (AvgIpc) is 2.84. The molecule has 1 aromatic heterocycles. The fourth-order valence-corrected chi connectivity index (χ4v) is 1.85. The Kier molecular flexibility index (Phi) is 4.96. The van der Waals surface area contributed by atoms with Crippen molar-refractivity contribution in [1.29, 1.82) is 0 Å². The van der Waals surface area contributed by atoms with Gasteiger partial charge in [0.2, 0.25) is 0 Å². The fourth-order valence-electron chi connectivity index (χ4n) is 1.85. The largest absolute Gasteiger partial charge is 0.492 e. The summed E-state index contributed by atoms with van der Waals surface area (Å²) in [6.45, 7) is 10.4. The minimum absolute atomic E-state index is 0.0814. The van der Waals surface area contributed by atoms with Gasteiger partial charge in [-0.15, -0.1) is 5.10 Å². The minimum atomic E-state index is 0.0814. The first kappa shape index (κ1) is 15.5. The molecule has 21 heavy (non-hydrogen) atoms. The van der Waals surface area contributed by atoms with E-state index < -0.39 is 0 Å². The molecule has 0 saturated heterocycles. The van der Waals surface area contributed by atoms with E-state index in [0.29, 0.717) is 13.2 Å². The number of rotatable bonds is 6. The quantitative estimate of drug-likeness (QED) is 0.887. The molecule has 0 radical (unpaired) electrons. The summed E-state index contributed by atoms with van der Waals surface area (Å²) in [6.07, 6.45) is 1.96. The third kappa shape index (κ3) is 5.55. The van der Waals surface area contributed by atoms with Crippen LogP contribution >= 0.6 is 0 Å². The van der Waals surface area contributed by atoms with Crippen LogP contribution in [0.2, 0.25) is 0 Å². The summed E-state index contributed by atoms with van der Waals surface area (Å²) in [7, 11) is 0. The molecule has 0 fully saturated rings. The Labute approximate surface area is 126 Å². The standard InChI is InChI=1S/C16H24N4O/c1-13-6-5-7-15(10-13)21-9-8-20-12-14(18-19-20)11-17-16(2,3)4/h5-7,10,12,17H,8-9,11H2,1-4H3. The van der Waals surface area contributed by atoms with Crippen LogP contribution < -0.4 is 10.1 Å². The van der Waals surface area contributed by atoms with Crippen molar-refractivity contribution in [2.24, 2.45) is 0 Å². The lowest BCUT2D eigenvalue weighted by Gasteiger charge is -2.19. The summed E-state index contributed by atoms with van der Waals surface area (Å²) in [5.41, 5.74) is 2.22. The molecule has 1 heterocycles. The second kappa shape index (κ2) is 6.72. The molecule has 0 aliphatic rings. The highest BCUT2D eigenvalue weighted by atomic mass is 16.5. The van der Waals surface area contributed by atoms with E-state index in [2.05, 4.69) is 49.4 Å². The van der Waals surface area contributed by atoms with E-state index in [1.807, 2.05) is 29.1 Å². The number of nitrogens with one attached hydrogen (secondary N) is 1. The average molecular weight is 288 g/mol. The third-order valence-electron chi connectivity index (χ3n) is 2.96. The maximum atomic E-state index is 5.71. The van der Waals surface area contributed by atoms with Crippen LogP contribution in [0.15, 0.2) is 30.5 Å². The normalized spacial score (nSPS) is 11.6. The molecule has 1 aromatic carbocycles. The van der Waals surface area contributed by atoms with Crippen LogP contribution in [0.25, 0.3) is 0 Å². The van der Waals surface area contributed by atoms with E-state index in [4.69, 9.17) is 4.74 Å². The Morgan fingerprint density at radius 2 is 2.10 bits per heavy atom. The summed E-state index contributed by atoms with van der Waals surface area (Å²) >= 11 is 0. The first-order chi connectivity index (χ1) is 9.92. The van der Waals surface area contributed by atoms with E-state index in [9.17, 15) is 0 Å². The third-order valence-corrected chi connectivity index (χ3v) is 2.96. The maximum absolute atomic E-state index is 5.71. The predicted molar refractivity (Wildman–Crippen MR) is 83.3 cm³/mol. The van der Waals surface area contributed by atoms with Crippen molar-refractivity contribution in [2.75, 3.05) is 6.61 Å². The molecule has 0 saturated carbocycles. The second-order valence-corrected chi connectivity index (χ2v) is 6.24. The van der Waals surface area contributed by atoms with Crippen molar-refractivity contribution in [2.45, 2.75) is 46.3 Å². The number of hydrogen-bond acceptors (Lipinski definition) is 4. The summed E-state index contributed by atoms with van der Waals surface area (Å²) in [6, 6.07) is 8.04. The van der Waals surface area contributed by atoms with Gasteiger partial charge in [0, 0.05) is 18.3 Å². The first-order valence-electron chi connectivity index (χ1n) is 7.26. The second-order valence-electron chi connectivity index (χ2n) is 6.24. The Bertz CT molecular complexity index is 572. The van der Waals surface area contributed by atoms with E-state index in [1.165, 1.54) is 5.56 Å². The molecule has 0 atom stereocenters. The van der Waals surface area contributed by atoms with Crippen molar-refractivity contribution < 1.29 is 4.74 Å². The van der Waals surface area contributed by atoms with Crippen molar-refractivity contribution in [1.82, 2.24) is 20.3 Å². The zero-order valence-corrected chi connectivity index (χ0v) is 13.3. The number of aryl methyl sites for hydroxylation is 1. The highest BCUT2D eigenvalue weighted by molar-refractivity contribution is 5.27. The van der Waals surface area contributed by atoms with Gasteiger partial charge < -0.3 is 10.1 Å². The lowest BCUT2D eigenvalue weighted by atomic mass is 10.1. The molecule has 0 unspecified atom stereocenters. The van der Waals surface area contributed by atoms with Crippen LogP contribution in [-0.4, -0.2) is 27.1 Å². The Balaban J connectivity index is 1.78. The monoisotopic (exact) mass is 288 g/mol. The highest BCUT2D eigenvalue weighted by Crippen LogP contribution is 2.12. The van der Waals surface area contributed by atoms with E-state index >= 15 is 0 Å². The van der Waals surface area contributed by atoms with Gasteiger partial charge in [0.05, 0.1) is 12.2 Å². The molecule has 114 valence electrons. The predicted octanol–water partition coefficient (Wildman–Crippen LogP) is 2.55. The number of nitrogens with zero attached hydrogens (tertiary/aromatic N) is 3. The van der Waals surface area contributed by atoms with Gasteiger partial charge in [-0.3, -0.25) is 0 Å². The minimum Gasteiger partial charge on any atom is -0.492 e. The molecule has 0 amide bonds. The van der Waals surface area contributed by atoms with Gasteiger partial charge in [0.1, 0.15) is 12.4 Å². The van der Waals surface area contributed by atoms with E-state index in [-0.39, 0.29) is 5.54 Å². The summed E-state index contributed by atoms with van der Waals surface area (Å²) in [5.74, 6) is 0.893. The fraction of sp³-hybridized carbons (Fsp3) is 0.500. The van der Waals surface area contributed by atoms with Gasteiger partial charge in [-0.25, -0.2) is 4.68 Å². The van der Waals surface area contributed by atoms with Gasteiger partial charge in [-0.2, -0.15) is 0 Å². The molecule has 5 nitrogen and oxygen atoms in total. The molecule has 1 N–H and O–H groups in total.